The molecule has 0 aromatic heterocycles. The zero-order chi connectivity index (χ0) is 8.53. The van der Waals surface area contributed by atoms with Crippen molar-refractivity contribution >= 4 is 15.9 Å². The summed E-state index contributed by atoms with van der Waals surface area (Å²) in [6, 6.07) is 0. The first kappa shape index (κ1) is 11.4. The molecule has 0 heterocycles. The Hall–Kier alpha value is 0.400. The quantitative estimate of drug-likeness (QED) is 0.525. The minimum absolute atomic E-state index is 0.332. The number of alkyl halides is 1. The van der Waals surface area contributed by atoms with Crippen molar-refractivity contribution in [2.75, 3.05) is 25.5 Å². The first-order valence-corrected chi connectivity index (χ1v) is 5.23. The summed E-state index contributed by atoms with van der Waals surface area (Å²) in [6.07, 6.45) is 2.81. The van der Waals surface area contributed by atoms with Gasteiger partial charge in [0.25, 0.3) is 0 Å². The predicted octanol–water partition coefficient (Wildman–Crippen LogP) is 1.79. The highest BCUT2D eigenvalue weighted by Gasteiger charge is 1.96. The van der Waals surface area contributed by atoms with Gasteiger partial charge < -0.3 is 10.1 Å². The van der Waals surface area contributed by atoms with E-state index >= 15 is 0 Å². The number of methoxy groups -OCH3 is 1. The third kappa shape index (κ3) is 8.30. The smallest absolute Gasteiger partial charge is 0.0667 e. The zero-order valence-electron chi connectivity index (χ0n) is 7.40. The van der Waals surface area contributed by atoms with Crippen molar-refractivity contribution in [3.63, 3.8) is 0 Å². The first-order chi connectivity index (χ1) is 5.31. The summed E-state index contributed by atoms with van der Waals surface area (Å²) < 4.78 is 5.08. The van der Waals surface area contributed by atoms with Crippen LogP contribution in [0.25, 0.3) is 0 Å². The van der Waals surface area contributed by atoms with Crippen LogP contribution in [-0.4, -0.2) is 31.6 Å². The van der Waals surface area contributed by atoms with Crippen LogP contribution in [0.3, 0.4) is 0 Å². The molecule has 11 heavy (non-hydrogen) atoms. The molecule has 0 amide bonds. The second-order valence-electron chi connectivity index (χ2n) is 2.65. The summed E-state index contributed by atoms with van der Waals surface area (Å²) in [5, 5.41) is 4.43. The van der Waals surface area contributed by atoms with Gasteiger partial charge in [0.05, 0.1) is 6.10 Å². The summed E-state index contributed by atoms with van der Waals surface area (Å²) >= 11 is 3.39. The third-order valence-corrected chi connectivity index (χ3v) is 2.13. The van der Waals surface area contributed by atoms with E-state index in [1.165, 1.54) is 12.8 Å². The molecule has 0 fully saturated rings. The van der Waals surface area contributed by atoms with Crippen molar-refractivity contribution in [1.29, 1.82) is 0 Å². The topological polar surface area (TPSA) is 21.3 Å². The molecule has 0 bridgehead atoms. The van der Waals surface area contributed by atoms with Crippen molar-refractivity contribution in [1.82, 2.24) is 5.32 Å². The van der Waals surface area contributed by atoms with Gasteiger partial charge in [-0.25, -0.2) is 0 Å². The number of ether oxygens (including phenoxy) is 1. The van der Waals surface area contributed by atoms with Gasteiger partial charge in [-0.1, -0.05) is 15.9 Å². The fourth-order valence-electron chi connectivity index (χ4n) is 0.733. The van der Waals surface area contributed by atoms with E-state index in [1.807, 2.05) is 0 Å². The van der Waals surface area contributed by atoms with Crippen LogP contribution in [0.15, 0.2) is 0 Å². The standard InChI is InChI=1S/C8H18BrNO/c1-8(11-2)7-10-6-4-3-5-9/h8,10H,3-7H2,1-2H3. The molecule has 0 rings (SSSR count). The van der Waals surface area contributed by atoms with E-state index in [-0.39, 0.29) is 0 Å². The molecule has 1 N–H and O–H groups in total. The fraction of sp³-hybridized carbons (Fsp3) is 1.00. The molecule has 0 aromatic rings. The molecule has 1 atom stereocenters. The van der Waals surface area contributed by atoms with Gasteiger partial charge in [0, 0.05) is 19.0 Å². The van der Waals surface area contributed by atoms with Crippen molar-refractivity contribution < 1.29 is 4.74 Å². The Morgan fingerprint density at radius 2 is 2.18 bits per heavy atom. The largest absolute Gasteiger partial charge is 0.380 e. The van der Waals surface area contributed by atoms with Gasteiger partial charge in [0.2, 0.25) is 0 Å². The Labute approximate surface area is 77.8 Å². The van der Waals surface area contributed by atoms with Gasteiger partial charge >= 0.3 is 0 Å². The van der Waals surface area contributed by atoms with E-state index in [1.54, 1.807) is 7.11 Å². The molecule has 0 spiro atoms. The average molecular weight is 224 g/mol. The summed E-state index contributed by atoms with van der Waals surface area (Å²) in [7, 11) is 1.74. The van der Waals surface area contributed by atoms with Crippen molar-refractivity contribution in [2.45, 2.75) is 25.9 Å². The third-order valence-electron chi connectivity index (χ3n) is 1.57. The van der Waals surface area contributed by atoms with Gasteiger partial charge in [-0.05, 0) is 26.3 Å². The fourth-order valence-corrected chi connectivity index (χ4v) is 1.13. The Morgan fingerprint density at radius 3 is 2.73 bits per heavy atom. The van der Waals surface area contributed by atoms with Gasteiger partial charge in [0.15, 0.2) is 0 Å². The lowest BCUT2D eigenvalue weighted by atomic mass is 10.3. The van der Waals surface area contributed by atoms with Crippen LogP contribution in [0.2, 0.25) is 0 Å². The lowest BCUT2D eigenvalue weighted by Gasteiger charge is -2.09. The highest BCUT2D eigenvalue weighted by molar-refractivity contribution is 9.09. The molecule has 3 heteroatoms. The van der Waals surface area contributed by atoms with Crippen LogP contribution < -0.4 is 5.32 Å². The Morgan fingerprint density at radius 1 is 1.45 bits per heavy atom. The number of nitrogens with one attached hydrogen (secondary N) is 1. The molecule has 2 nitrogen and oxygen atoms in total. The summed E-state index contributed by atoms with van der Waals surface area (Å²) in [5.74, 6) is 0. The molecular weight excluding hydrogens is 206 g/mol. The van der Waals surface area contributed by atoms with Gasteiger partial charge in [-0.2, -0.15) is 0 Å². The van der Waals surface area contributed by atoms with Gasteiger partial charge in [-0.15, -0.1) is 0 Å². The SMILES string of the molecule is COC(C)CNCCCCBr. The molecule has 0 aromatic carbocycles. The normalized spacial score (nSPS) is 13.4. The highest BCUT2D eigenvalue weighted by atomic mass is 79.9. The van der Waals surface area contributed by atoms with E-state index in [2.05, 4.69) is 28.2 Å². The molecule has 0 saturated carbocycles. The maximum atomic E-state index is 5.08. The lowest BCUT2D eigenvalue weighted by molar-refractivity contribution is 0.117. The van der Waals surface area contributed by atoms with Crippen LogP contribution >= 0.6 is 15.9 Å². The van der Waals surface area contributed by atoms with Crippen molar-refractivity contribution in [3.05, 3.63) is 0 Å². The first-order valence-electron chi connectivity index (χ1n) is 4.10. The summed E-state index contributed by atoms with van der Waals surface area (Å²) in [5.41, 5.74) is 0. The van der Waals surface area contributed by atoms with Crippen molar-refractivity contribution in [3.8, 4) is 0 Å². The van der Waals surface area contributed by atoms with E-state index < -0.39 is 0 Å². The van der Waals surface area contributed by atoms with E-state index in [0.717, 1.165) is 18.4 Å². The second kappa shape index (κ2) is 8.50. The zero-order valence-corrected chi connectivity index (χ0v) is 8.99. The molecule has 1 unspecified atom stereocenters. The number of hydrogen-bond donors (Lipinski definition) is 1. The van der Waals surface area contributed by atoms with E-state index in [0.29, 0.717) is 6.10 Å². The summed E-state index contributed by atoms with van der Waals surface area (Å²) in [6.45, 7) is 4.12. The van der Waals surface area contributed by atoms with Crippen LogP contribution in [-0.2, 0) is 4.74 Å². The molecule has 0 aliphatic heterocycles. The highest BCUT2D eigenvalue weighted by Crippen LogP contribution is 1.92. The van der Waals surface area contributed by atoms with Crippen LogP contribution in [0.1, 0.15) is 19.8 Å². The minimum atomic E-state index is 0.332. The molecular formula is C8H18BrNO. The van der Waals surface area contributed by atoms with E-state index in [4.69, 9.17) is 4.74 Å². The van der Waals surface area contributed by atoms with Crippen LogP contribution in [0.5, 0.6) is 0 Å². The lowest BCUT2D eigenvalue weighted by Crippen LogP contribution is -2.26. The van der Waals surface area contributed by atoms with Crippen LogP contribution in [0, 0.1) is 0 Å². The molecule has 0 radical (unpaired) electrons. The molecule has 0 saturated heterocycles. The Balaban J connectivity index is 2.89. The monoisotopic (exact) mass is 223 g/mol. The number of hydrogen-bond acceptors (Lipinski definition) is 2. The minimum Gasteiger partial charge on any atom is -0.380 e. The number of halogens is 1. The maximum absolute atomic E-state index is 5.08. The van der Waals surface area contributed by atoms with Gasteiger partial charge in [0.1, 0.15) is 0 Å². The maximum Gasteiger partial charge on any atom is 0.0667 e. The Kier molecular flexibility index (Phi) is 8.81. The average Bonchev–Trinajstić information content (AvgIpc) is 2.04. The van der Waals surface area contributed by atoms with Gasteiger partial charge in [-0.3, -0.25) is 0 Å². The molecule has 0 aliphatic rings. The van der Waals surface area contributed by atoms with Crippen LogP contribution in [0.4, 0.5) is 0 Å². The van der Waals surface area contributed by atoms with E-state index in [9.17, 15) is 0 Å². The molecule has 0 aliphatic carbocycles. The Bertz CT molecular complexity index is 80.5. The van der Waals surface area contributed by atoms with Crippen molar-refractivity contribution in [2.24, 2.45) is 0 Å². The number of rotatable bonds is 7. The summed E-state index contributed by atoms with van der Waals surface area (Å²) in [4.78, 5) is 0. The number of unbranched alkanes of at least 4 members (excludes halogenated alkanes) is 1. The molecule has 68 valence electrons. The predicted molar refractivity (Wildman–Crippen MR) is 52.4 cm³/mol. The second-order valence-corrected chi connectivity index (χ2v) is 3.44.